The number of hydrogen-bond acceptors (Lipinski definition) is 8. The lowest BCUT2D eigenvalue weighted by Gasteiger charge is -2.26. The van der Waals surface area contributed by atoms with Crippen LogP contribution < -0.4 is 9.47 Å². The first-order valence-electron chi connectivity index (χ1n) is 8.78. The Kier molecular flexibility index (Phi) is 8.12. The zero-order chi connectivity index (χ0) is 22.3. The molecule has 0 spiro atoms. The maximum atomic E-state index is 13.4. The van der Waals surface area contributed by atoms with Crippen molar-refractivity contribution < 1.29 is 32.3 Å². The van der Waals surface area contributed by atoms with Gasteiger partial charge in [0.2, 0.25) is 10.0 Å². The third-order valence-electron chi connectivity index (χ3n) is 4.39. The van der Waals surface area contributed by atoms with Crippen LogP contribution in [0.25, 0.3) is 0 Å². The normalized spacial score (nSPS) is 11.7. The highest BCUT2D eigenvalue weighted by molar-refractivity contribution is 7.89. The molecule has 0 atom stereocenters. The molecule has 0 unspecified atom stereocenters. The molecule has 0 aliphatic rings. The van der Waals surface area contributed by atoms with Crippen LogP contribution in [0.5, 0.6) is 11.5 Å². The fourth-order valence-electron chi connectivity index (χ4n) is 2.82. The van der Waals surface area contributed by atoms with Gasteiger partial charge in [-0.25, -0.2) is 8.42 Å². The maximum absolute atomic E-state index is 13.4. The summed E-state index contributed by atoms with van der Waals surface area (Å²) in [6, 6.07) is 10.1. The van der Waals surface area contributed by atoms with Gasteiger partial charge in [0.25, 0.3) is 5.69 Å². The van der Waals surface area contributed by atoms with Crippen molar-refractivity contribution in [3.63, 3.8) is 0 Å². The van der Waals surface area contributed by atoms with Gasteiger partial charge in [-0.3, -0.25) is 10.1 Å². The van der Waals surface area contributed by atoms with E-state index in [1.54, 1.807) is 18.2 Å². The van der Waals surface area contributed by atoms with Gasteiger partial charge in [-0.1, -0.05) is 12.1 Å². The fourth-order valence-corrected chi connectivity index (χ4v) is 4.38. The van der Waals surface area contributed by atoms with Crippen molar-refractivity contribution in [1.82, 2.24) is 4.31 Å². The molecular formula is C19H24N2O8S. The summed E-state index contributed by atoms with van der Waals surface area (Å²) in [5.41, 5.74) is -0.0172. The van der Waals surface area contributed by atoms with Gasteiger partial charge < -0.3 is 18.9 Å². The summed E-state index contributed by atoms with van der Waals surface area (Å²) >= 11 is 0. The van der Waals surface area contributed by atoms with Crippen molar-refractivity contribution in [2.75, 3.05) is 35.0 Å². The molecule has 30 heavy (non-hydrogen) atoms. The molecule has 0 amide bonds. The standard InChI is InChI=1S/C19H24N2O8S/c1-26-15-9-10-17(27-2)14(11-15)12-20(13-19(28-3)29-4)30(24,25)18-8-6-5-7-16(18)21(22)23/h5-11,19H,12-13H2,1-4H3. The van der Waals surface area contributed by atoms with E-state index in [0.29, 0.717) is 17.1 Å². The van der Waals surface area contributed by atoms with Crippen LogP contribution in [-0.4, -0.2) is 58.9 Å². The van der Waals surface area contributed by atoms with Gasteiger partial charge in [0.05, 0.1) is 25.7 Å². The zero-order valence-electron chi connectivity index (χ0n) is 17.1. The topological polar surface area (TPSA) is 117 Å². The van der Waals surface area contributed by atoms with E-state index in [4.69, 9.17) is 18.9 Å². The van der Waals surface area contributed by atoms with Crippen LogP contribution in [0, 0.1) is 10.1 Å². The van der Waals surface area contributed by atoms with Crippen molar-refractivity contribution >= 4 is 15.7 Å². The van der Waals surface area contributed by atoms with E-state index < -0.39 is 31.8 Å². The molecule has 0 aliphatic heterocycles. The van der Waals surface area contributed by atoms with Crippen LogP contribution in [0.2, 0.25) is 0 Å². The molecule has 2 aromatic rings. The van der Waals surface area contributed by atoms with E-state index in [2.05, 4.69) is 0 Å². The third-order valence-corrected chi connectivity index (χ3v) is 6.25. The highest BCUT2D eigenvalue weighted by Crippen LogP contribution is 2.31. The summed E-state index contributed by atoms with van der Waals surface area (Å²) in [4.78, 5) is 10.2. The Hall–Kier alpha value is -2.73. The average Bonchev–Trinajstić information content (AvgIpc) is 2.76. The largest absolute Gasteiger partial charge is 0.497 e. The first-order chi connectivity index (χ1) is 14.3. The smallest absolute Gasteiger partial charge is 0.289 e. The van der Waals surface area contributed by atoms with Gasteiger partial charge in [-0.2, -0.15) is 4.31 Å². The van der Waals surface area contributed by atoms with E-state index in [1.165, 1.54) is 46.6 Å². The monoisotopic (exact) mass is 440 g/mol. The van der Waals surface area contributed by atoms with Gasteiger partial charge in [0, 0.05) is 32.4 Å². The highest BCUT2D eigenvalue weighted by Gasteiger charge is 2.33. The first-order valence-corrected chi connectivity index (χ1v) is 10.2. The van der Waals surface area contributed by atoms with Crippen molar-refractivity contribution in [1.29, 1.82) is 0 Å². The number of benzene rings is 2. The van der Waals surface area contributed by atoms with E-state index in [1.807, 2.05) is 0 Å². The lowest BCUT2D eigenvalue weighted by Crippen LogP contribution is -2.38. The van der Waals surface area contributed by atoms with E-state index >= 15 is 0 Å². The fraction of sp³-hybridized carbons (Fsp3) is 0.368. The van der Waals surface area contributed by atoms with E-state index in [-0.39, 0.29) is 13.1 Å². The summed E-state index contributed by atoms with van der Waals surface area (Å²) in [5, 5.41) is 11.4. The van der Waals surface area contributed by atoms with Gasteiger partial charge in [-0.15, -0.1) is 0 Å². The van der Waals surface area contributed by atoms with Crippen LogP contribution in [0.15, 0.2) is 47.4 Å². The van der Waals surface area contributed by atoms with Crippen LogP contribution in [-0.2, 0) is 26.0 Å². The SMILES string of the molecule is COc1ccc(OC)c(CN(CC(OC)OC)S(=O)(=O)c2ccccc2[N+](=O)[O-])c1. The van der Waals surface area contributed by atoms with Crippen LogP contribution >= 0.6 is 0 Å². The molecule has 0 N–H and O–H groups in total. The van der Waals surface area contributed by atoms with E-state index in [0.717, 1.165) is 10.4 Å². The van der Waals surface area contributed by atoms with Crippen molar-refractivity contribution in [3.05, 3.63) is 58.1 Å². The second-order valence-corrected chi connectivity index (χ2v) is 8.01. The first kappa shape index (κ1) is 23.5. The molecule has 0 bridgehead atoms. The minimum atomic E-state index is -4.30. The van der Waals surface area contributed by atoms with Crippen molar-refractivity contribution in [3.8, 4) is 11.5 Å². The van der Waals surface area contributed by atoms with Crippen LogP contribution in [0.4, 0.5) is 5.69 Å². The molecule has 2 aromatic carbocycles. The lowest BCUT2D eigenvalue weighted by molar-refractivity contribution is -0.387. The predicted molar refractivity (Wildman–Crippen MR) is 108 cm³/mol. The number of nitro groups is 1. The Bertz CT molecular complexity index is 976. The highest BCUT2D eigenvalue weighted by atomic mass is 32.2. The minimum Gasteiger partial charge on any atom is -0.497 e. The predicted octanol–water partition coefficient (Wildman–Crippen LogP) is 2.42. The molecular weight excluding hydrogens is 416 g/mol. The van der Waals surface area contributed by atoms with E-state index in [9.17, 15) is 18.5 Å². The number of methoxy groups -OCH3 is 4. The van der Waals surface area contributed by atoms with Gasteiger partial charge >= 0.3 is 0 Å². The second-order valence-electron chi connectivity index (χ2n) is 6.10. The van der Waals surface area contributed by atoms with Gasteiger partial charge in [0.15, 0.2) is 11.2 Å². The Balaban J connectivity index is 2.57. The molecule has 164 valence electrons. The van der Waals surface area contributed by atoms with Gasteiger partial charge in [-0.05, 0) is 24.3 Å². The van der Waals surface area contributed by atoms with Crippen molar-refractivity contribution in [2.24, 2.45) is 0 Å². The Morgan fingerprint density at radius 3 is 2.27 bits per heavy atom. The number of para-hydroxylation sites is 1. The van der Waals surface area contributed by atoms with Gasteiger partial charge in [0.1, 0.15) is 11.5 Å². The number of hydrogen-bond donors (Lipinski definition) is 0. The number of rotatable bonds is 11. The molecule has 0 aromatic heterocycles. The summed E-state index contributed by atoms with van der Waals surface area (Å²) in [7, 11) is 1.39. The number of nitrogens with zero attached hydrogens (tertiary/aromatic N) is 2. The molecule has 11 heteroatoms. The Morgan fingerprint density at radius 1 is 1.03 bits per heavy atom. The summed E-state index contributed by atoms with van der Waals surface area (Å²) < 4.78 is 48.8. The van der Waals surface area contributed by atoms with Crippen molar-refractivity contribution in [2.45, 2.75) is 17.7 Å². The quantitative estimate of drug-likeness (QED) is 0.297. The molecule has 0 saturated heterocycles. The zero-order valence-corrected chi connectivity index (χ0v) is 17.9. The second kappa shape index (κ2) is 10.3. The molecule has 0 saturated carbocycles. The van der Waals surface area contributed by atoms with Crippen LogP contribution in [0.3, 0.4) is 0 Å². The minimum absolute atomic E-state index is 0.155. The number of sulfonamides is 1. The summed E-state index contributed by atoms with van der Waals surface area (Å²) in [6.45, 7) is -0.361. The molecule has 0 radical (unpaired) electrons. The Morgan fingerprint density at radius 2 is 1.70 bits per heavy atom. The molecule has 0 fully saturated rings. The lowest BCUT2D eigenvalue weighted by atomic mass is 10.2. The summed E-state index contributed by atoms with van der Waals surface area (Å²) in [6.07, 6.45) is -0.890. The molecule has 2 rings (SSSR count). The third kappa shape index (κ3) is 5.25. The number of nitro benzene ring substituents is 1. The summed E-state index contributed by atoms with van der Waals surface area (Å²) in [5.74, 6) is 0.939. The maximum Gasteiger partial charge on any atom is 0.289 e. The van der Waals surface area contributed by atoms with Crippen LogP contribution in [0.1, 0.15) is 5.56 Å². The number of ether oxygens (including phenoxy) is 4. The molecule has 0 heterocycles. The molecule has 10 nitrogen and oxygen atoms in total. The average molecular weight is 440 g/mol. The molecule has 0 aliphatic carbocycles. The Labute approximate surface area is 175 Å².